The van der Waals surface area contributed by atoms with Gasteiger partial charge in [0.05, 0.1) is 0 Å². The molecule has 0 radical (unpaired) electrons. The van der Waals surface area contributed by atoms with E-state index < -0.39 is 0 Å². The van der Waals surface area contributed by atoms with E-state index in [1.165, 1.54) is 12.8 Å². The normalized spacial score (nSPS) is 23.1. The van der Waals surface area contributed by atoms with Crippen LogP contribution in [-0.2, 0) is 6.54 Å². The van der Waals surface area contributed by atoms with Gasteiger partial charge in [-0.05, 0) is 58.4 Å². The zero-order valence-corrected chi connectivity index (χ0v) is 13.7. The molecule has 1 aromatic heterocycles. The van der Waals surface area contributed by atoms with Crippen LogP contribution in [0.5, 0.6) is 0 Å². The Hall–Kier alpha value is -1.16. The molecular formula is C17H28FN3. The first-order valence-electron chi connectivity index (χ1n) is 8.00. The number of anilines is 1. The van der Waals surface area contributed by atoms with Crippen LogP contribution in [0.3, 0.4) is 0 Å². The second-order valence-electron chi connectivity index (χ2n) is 7.34. The van der Waals surface area contributed by atoms with Crippen molar-refractivity contribution >= 4 is 5.82 Å². The van der Waals surface area contributed by atoms with Crippen molar-refractivity contribution in [2.45, 2.75) is 71.5 Å². The zero-order valence-electron chi connectivity index (χ0n) is 13.7. The van der Waals surface area contributed by atoms with E-state index in [-0.39, 0.29) is 11.4 Å². The molecule has 3 nitrogen and oxygen atoms in total. The molecule has 0 unspecified atom stereocenters. The van der Waals surface area contributed by atoms with Gasteiger partial charge in [0, 0.05) is 29.9 Å². The van der Waals surface area contributed by atoms with Gasteiger partial charge in [0.15, 0.2) is 11.6 Å². The van der Waals surface area contributed by atoms with Crippen molar-refractivity contribution < 1.29 is 4.39 Å². The molecule has 4 heteroatoms. The highest BCUT2D eigenvalue weighted by Crippen LogP contribution is 2.26. The lowest BCUT2D eigenvalue weighted by Gasteiger charge is -2.27. The second kappa shape index (κ2) is 6.73. The number of hydrogen-bond donors (Lipinski definition) is 2. The van der Waals surface area contributed by atoms with Crippen LogP contribution >= 0.6 is 0 Å². The maximum absolute atomic E-state index is 14.5. The highest BCUT2D eigenvalue weighted by atomic mass is 19.1. The second-order valence-corrected chi connectivity index (χ2v) is 7.34. The fourth-order valence-corrected chi connectivity index (χ4v) is 2.68. The molecule has 0 aromatic carbocycles. The minimum Gasteiger partial charge on any atom is -0.365 e. The predicted molar refractivity (Wildman–Crippen MR) is 85.8 cm³/mol. The number of hydrogen-bond acceptors (Lipinski definition) is 3. The average molecular weight is 293 g/mol. The largest absolute Gasteiger partial charge is 0.365 e. The first kappa shape index (κ1) is 16.2. The van der Waals surface area contributed by atoms with Crippen LogP contribution in [0.1, 0.15) is 58.9 Å². The standard InChI is InChI=1S/C17H28FN3/c1-12-5-7-14(8-6-12)21-16-15(18)13(9-10-19-16)11-20-17(2,3)4/h9-10,12,14,20H,5-8,11H2,1-4H3,(H,19,21). The molecule has 0 spiro atoms. The van der Waals surface area contributed by atoms with Gasteiger partial charge >= 0.3 is 0 Å². The van der Waals surface area contributed by atoms with Gasteiger partial charge in [-0.25, -0.2) is 9.37 Å². The summed E-state index contributed by atoms with van der Waals surface area (Å²) in [5.74, 6) is 0.985. The number of pyridine rings is 1. The predicted octanol–water partition coefficient (Wildman–Crippen LogP) is 4.10. The van der Waals surface area contributed by atoms with Crippen LogP contribution < -0.4 is 10.6 Å². The Morgan fingerprint density at radius 3 is 2.52 bits per heavy atom. The van der Waals surface area contributed by atoms with Gasteiger partial charge in [-0.15, -0.1) is 0 Å². The Balaban J connectivity index is 2.00. The summed E-state index contributed by atoms with van der Waals surface area (Å²) in [5, 5.41) is 6.61. The molecule has 0 amide bonds. The summed E-state index contributed by atoms with van der Waals surface area (Å²) in [6.07, 6.45) is 6.32. The third-order valence-corrected chi connectivity index (χ3v) is 4.14. The van der Waals surface area contributed by atoms with Crippen molar-refractivity contribution in [2.75, 3.05) is 5.32 Å². The van der Waals surface area contributed by atoms with Crippen molar-refractivity contribution in [1.29, 1.82) is 0 Å². The smallest absolute Gasteiger partial charge is 0.169 e. The SMILES string of the molecule is CC1CCC(Nc2nccc(CNC(C)(C)C)c2F)CC1. The van der Waals surface area contributed by atoms with Crippen molar-refractivity contribution in [2.24, 2.45) is 5.92 Å². The lowest BCUT2D eigenvalue weighted by molar-refractivity contribution is 0.360. The summed E-state index contributed by atoms with van der Waals surface area (Å²) in [7, 11) is 0. The molecule has 118 valence electrons. The summed E-state index contributed by atoms with van der Waals surface area (Å²) >= 11 is 0. The molecule has 1 fully saturated rings. The molecule has 1 aliphatic carbocycles. The number of halogens is 1. The van der Waals surface area contributed by atoms with E-state index in [1.54, 1.807) is 12.3 Å². The molecule has 0 atom stereocenters. The highest BCUT2D eigenvalue weighted by molar-refractivity contribution is 5.41. The topological polar surface area (TPSA) is 37.0 Å². The Morgan fingerprint density at radius 1 is 1.24 bits per heavy atom. The van der Waals surface area contributed by atoms with Gasteiger partial charge in [-0.1, -0.05) is 6.92 Å². The van der Waals surface area contributed by atoms with Crippen LogP contribution in [-0.4, -0.2) is 16.6 Å². The maximum Gasteiger partial charge on any atom is 0.169 e. The fourth-order valence-electron chi connectivity index (χ4n) is 2.68. The summed E-state index contributed by atoms with van der Waals surface area (Å²) in [4.78, 5) is 4.18. The summed E-state index contributed by atoms with van der Waals surface area (Å²) in [6, 6.07) is 2.11. The molecular weight excluding hydrogens is 265 g/mol. The molecule has 2 rings (SSSR count). The molecule has 21 heavy (non-hydrogen) atoms. The molecule has 0 saturated heterocycles. The summed E-state index contributed by atoms with van der Waals surface area (Å²) < 4.78 is 14.5. The van der Waals surface area contributed by atoms with Crippen LogP contribution in [0.15, 0.2) is 12.3 Å². The highest BCUT2D eigenvalue weighted by Gasteiger charge is 2.20. The number of nitrogens with zero attached hydrogens (tertiary/aromatic N) is 1. The van der Waals surface area contributed by atoms with Gasteiger partial charge in [0.1, 0.15) is 0 Å². The fraction of sp³-hybridized carbons (Fsp3) is 0.706. The van der Waals surface area contributed by atoms with E-state index in [4.69, 9.17) is 0 Å². The Labute approximate surface area is 127 Å². The zero-order chi connectivity index (χ0) is 15.5. The molecule has 0 bridgehead atoms. The van der Waals surface area contributed by atoms with Crippen LogP contribution in [0, 0.1) is 11.7 Å². The van der Waals surface area contributed by atoms with Crippen LogP contribution in [0.4, 0.5) is 10.2 Å². The Bertz CT molecular complexity index is 460. The van der Waals surface area contributed by atoms with E-state index >= 15 is 0 Å². The van der Waals surface area contributed by atoms with E-state index in [2.05, 4.69) is 43.3 Å². The van der Waals surface area contributed by atoms with E-state index in [0.717, 1.165) is 18.8 Å². The number of aromatic nitrogens is 1. The minimum absolute atomic E-state index is 0.0250. The lowest BCUT2D eigenvalue weighted by atomic mass is 9.87. The molecule has 1 heterocycles. The van der Waals surface area contributed by atoms with E-state index in [0.29, 0.717) is 24.0 Å². The summed E-state index contributed by atoms with van der Waals surface area (Å²) in [5.41, 5.74) is 0.648. The van der Waals surface area contributed by atoms with Crippen molar-refractivity contribution in [3.05, 3.63) is 23.6 Å². The molecule has 1 aromatic rings. The van der Waals surface area contributed by atoms with Gasteiger partial charge in [0.2, 0.25) is 0 Å². The van der Waals surface area contributed by atoms with Gasteiger partial charge in [-0.3, -0.25) is 0 Å². The molecule has 2 N–H and O–H groups in total. The third-order valence-electron chi connectivity index (χ3n) is 4.14. The van der Waals surface area contributed by atoms with Crippen LogP contribution in [0.25, 0.3) is 0 Å². The van der Waals surface area contributed by atoms with Gasteiger partial charge in [-0.2, -0.15) is 0 Å². The third kappa shape index (κ3) is 4.95. The van der Waals surface area contributed by atoms with Crippen LogP contribution in [0.2, 0.25) is 0 Å². The molecule has 1 aliphatic rings. The van der Waals surface area contributed by atoms with Gasteiger partial charge < -0.3 is 10.6 Å². The number of rotatable bonds is 4. The first-order valence-corrected chi connectivity index (χ1v) is 8.00. The lowest BCUT2D eigenvalue weighted by Crippen LogP contribution is -2.35. The van der Waals surface area contributed by atoms with Crippen molar-refractivity contribution in [3.63, 3.8) is 0 Å². The van der Waals surface area contributed by atoms with E-state index in [1.807, 2.05) is 0 Å². The van der Waals surface area contributed by atoms with Crippen molar-refractivity contribution in [3.8, 4) is 0 Å². The Kier molecular flexibility index (Phi) is 5.20. The monoisotopic (exact) mass is 293 g/mol. The molecule has 1 saturated carbocycles. The Morgan fingerprint density at radius 2 is 1.90 bits per heavy atom. The van der Waals surface area contributed by atoms with Gasteiger partial charge in [0.25, 0.3) is 0 Å². The maximum atomic E-state index is 14.5. The first-order chi connectivity index (χ1) is 9.85. The van der Waals surface area contributed by atoms with E-state index in [9.17, 15) is 4.39 Å². The number of nitrogens with one attached hydrogen (secondary N) is 2. The quantitative estimate of drug-likeness (QED) is 0.877. The minimum atomic E-state index is -0.215. The summed E-state index contributed by atoms with van der Waals surface area (Å²) in [6.45, 7) is 9.04. The van der Waals surface area contributed by atoms with Crippen molar-refractivity contribution in [1.82, 2.24) is 10.3 Å². The average Bonchev–Trinajstić information content (AvgIpc) is 2.41. The molecule has 0 aliphatic heterocycles.